The number of rotatable bonds is 7. The van der Waals surface area contributed by atoms with E-state index in [4.69, 9.17) is 4.98 Å². The molecule has 2 aromatic carbocycles. The molecule has 3 aromatic rings. The second kappa shape index (κ2) is 8.80. The van der Waals surface area contributed by atoms with Gasteiger partial charge in [0.15, 0.2) is 0 Å². The summed E-state index contributed by atoms with van der Waals surface area (Å²) >= 11 is 0. The van der Waals surface area contributed by atoms with Crippen molar-refractivity contribution in [2.24, 2.45) is 0 Å². The molecular weight excluding hydrogens is 314 g/mol. The molecule has 0 unspecified atom stereocenters. The van der Waals surface area contributed by atoms with Crippen LogP contribution in [0.4, 0.5) is 0 Å². The molecule has 1 heteroatoms. The van der Waals surface area contributed by atoms with Crippen molar-refractivity contribution in [1.29, 1.82) is 0 Å². The molecule has 0 saturated heterocycles. The Kier molecular flexibility index (Phi) is 6.22. The maximum Gasteiger partial charge on any atom is 0.0709 e. The first kappa shape index (κ1) is 18.4. The van der Waals surface area contributed by atoms with Crippen molar-refractivity contribution in [1.82, 2.24) is 4.98 Å². The zero-order valence-electron chi connectivity index (χ0n) is 16.3. The van der Waals surface area contributed by atoms with Gasteiger partial charge < -0.3 is 0 Å². The number of hydrogen-bond donors (Lipinski definition) is 0. The lowest BCUT2D eigenvalue weighted by atomic mass is 10.0. The highest BCUT2D eigenvalue weighted by atomic mass is 14.7. The third kappa shape index (κ3) is 4.82. The summed E-state index contributed by atoms with van der Waals surface area (Å²) in [6.45, 7) is 6.53. The van der Waals surface area contributed by atoms with Gasteiger partial charge in [-0.1, -0.05) is 73.7 Å². The minimum Gasteiger partial charge on any atom is -0.248 e. The topological polar surface area (TPSA) is 12.9 Å². The summed E-state index contributed by atoms with van der Waals surface area (Å²) in [4.78, 5) is 4.91. The van der Waals surface area contributed by atoms with E-state index in [0.29, 0.717) is 0 Å². The summed E-state index contributed by atoms with van der Waals surface area (Å²) in [5.41, 5.74) is 8.44. The number of unbranched alkanes of at least 4 members (excludes halogenated alkanes) is 3. The average Bonchev–Trinajstić information content (AvgIpc) is 2.65. The van der Waals surface area contributed by atoms with E-state index in [-0.39, 0.29) is 0 Å². The average molecular weight is 344 g/mol. The number of aryl methyl sites for hydroxylation is 3. The monoisotopic (exact) mass is 343 g/mol. The number of aromatic nitrogens is 1. The summed E-state index contributed by atoms with van der Waals surface area (Å²) < 4.78 is 0. The molecule has 0 amide bonds. The Morgan fingerprint density at radius 2 is 1.35 bits per heavy atom. The van der Waals surface area contributed by atoms with E-state index in [1.807, 2.05) is 0 Å². The number of hydrogen-bond acceptors (Lipinski definition) is 1. The molecule has 0 aliphatic carbocycles. The van der Waals surface area contributed by atoms with Gasteiger partial charge in [-0.3, -0.25) is 0 Å². The molecule has 0 spiro atoms. The van der Waals surface area contributed by atoms with Gasteiger partial charge in [0.2, 0.25) is 0 Å². The van der Waals surface area contributed by atoms with Crippen LogP contribution in [0.2, 0.25) is 0 Å². The highest BCUT2D eigenvalue weighted by Gasteiger charge is 2.05. The lowest BCUT2D eigenvalue weighted by Crippen LogP contribution is -1.90. The van der Waals surface area contributed by atoms with Crippen LogP contribution in [-0.4, -0.2) is 4.98 Å². The van der Waals surface area contributed by atoms with Crippen molar-refractivity contribution in [3.8, 4) is 22.5 Å². The quantitative estimate of drug-likeness (QED) is 0.415. The minimum atomic E-state index is 1.04. The highest BCUT2D eigenvalue weighted by Crippen LogP contribution is 2.25. The first-order valence-corrected chi connectivity index (χ1v) is 9.81. The van der Waals surface area contributed by atoms with Crippen molar-refractivity contribution in [3.63, 3.8) is 0 Å². The Morgan fingerprint density at radius 3 is 2.00 bits per heavy atom. The summed E-state index contributed by atoms with van der Waals surface area (Å²) in [7, 11) is 0. The van der Waals surface area contributed by atoms with Crippen LogP contribution in [0.5, 0.6) is 0 Å². The molecule has 0 radical (unpaired) electrons. The van der Waals surface area contributed by atoms with E-state index in [1.54, 1.807) is 0 Å². The maximum absolute atomic E-state index is 4.91. The number of pyridine rings is 1. The van der Waals surface area contributed by atoms with Gasteiger partial charge in [0, 0.05) is 11.1 Å². The Bertz CT molecular complexity index is 826. The lowest BCUT2D eigenvalue weighted by Gasteiger charge is -2.08. The van der Waals surface area contributed by atoms with Crippen LogP contribution in [0.15, 0.2) is 60.7 Å². The summed E-state index contributed by atoms with van der Waals surface area (Å²) in [5, 5.41) is 0. The van der Waals surface area contributed by atoms with Crippen molar-refractivity contribution < 1.29 is 0 Å². The van der Waals surface area contributed by atoms with Gasteiger partial charge in [0.25, 0.3) is 0 Å². The fraction of sp³-hybridized carbons (Fsp3) is 0.320. The first-order valence-electron chi connectivity index (χ1n) is 9.81. The second-order valence-corrected chi connectivity index (χ2v) is 7.29. The van der Waals surface area contributed by atoms with Gasteiger partial charge >= 0.3 is 0 Å². The van der Waals surface area contributed by atoms with E-state index >= 15 is 0 Å². The molecular formula is C25H29N. The molecule has 0 aliphatic rings. The van der Waals surface area contributed by atoms with Gasteiger partial charge in [-0.15, -0.1) is 0 Å². The van der Waals surface area contributed by atoms with Gasteiger partial charge in [0.1, 0.15) is 0 Å². The van der Waals surface area contributed by atoms with E-state index in [1.165, 1.54) is 59.9 Å². The Morgan fingerprint density at radius 1 is 0.692 bits per heavy atom. The maximum atomic E-state index is 4.91. The summed E-state index contributed by atoms with van der Waals surface area (Å²) in [6, 6.07) is 21.9. The first-order chi connectivity index (χ1) is 12.7. The molecule has 3 rings (SSSR count). The van der Waals surface area contributed by atoms with Crippen LogP contribution < -0.4 is 0 Å². The Hall–Kier alpha value is -2.41. The fourth-order valence-electron chi connectivity index (χ4n) is 3.48. The SMILES string of the molecule is CCCCCCc1ccc(-c2cccc(-c3cc(C)cc(C)c3)n2)cc1. The molecule has 0 fully saturated rings. The van der Waals surface area contributed by atoms with Crippen LogP contribution in [0.1, 0.15) is 49.3 Å². The predicted molar refractivity (Wildman–Crippen MR) is 112 cm³/mol. The molecule has 0 saturated carbocycles. The highest BCUT2D eigenvalue weighted by molar-refractivity contribution is 5.67. The Labute approximate surface area is 158 Å². The van der Waals surface area contributed by atoms with Crippen LogP contribution in [-0.2, 0) is 6.42 Å². The van der Waals surface area contributed by atoms with Gasteiger partial charge in [-0.25, -0.2) is 4.98 Å². The third-order valence-corrected chi connectivity index (χ3v) is 4.84. The molecule has 134 valence electrons. The van der Waals surface area contributed by atoms with Crippen LogP contribution in [0, 0.1) is 13.8 Å². The third-order valence-electron chi connectivity index (χ3n) is 4.84. The van der Waals surface area contributed by atoms with Crippen molar-refractivity contribution in [2.75, 3.05) is 0 Å². The molecule has 0 N–H and O–H groups in total. The molecule has 1 heterocycles. The summed E-state index contributed by atoms with van der Waals surface area (Å²) in [5.74, 6) is 0. The van der Waals surface area contributed by atoms with Gasteiger partial charge in [-0.2, -0.15) is 0 Å². The van der Waals surface area contributed by atoms with E-state index in [2.05, 4.69) is 81.4 Å². The zero-order chi connectivity index (χ0) is 18.4. The largest absolute Gasteiger partial charge is 0.248 e. The van der Waals surface area contributed by atoms with E-state index in [9.17, 15) is 0 Å². The number of nitrogens with zero attached hydrogens (tertiary/aromatic N) is 1. The Balaban J connectivity index is 1.77. The molecule has 0 bridgehead atoms. The van der Waals surface area contributed by atoms with E-state index < -0.39 is 0 Å². The second-order valence-electron chi connectivity index (χ2n) is 7.29. The molecule has 1 nitrogen and oxygen atoms in total. The molecule has 26 heavy (non-hydrogen) atoms. The summed E-state index contributed by atoms with van der Waals surface area (Å²) in [6.07, 6.45) is 6.43. The normalized spacial score (nSPS) is 10.9. The van der Waals surface area contributed by atoms with Crippen LogP contribution >= 0.6 is 0 Å². The minimum absolute atomic E-state index is 1.04. The number of benzene rings is 2. The predicted octanol–water partition coefficient (Wildman–Crippen LogP) is 7.16. The molecule has 0 aliphatic heterocycles. The molecule has 0 atom stereocenters. The van der Waals surface area contributed by atoms with Crippen molar-refractivity contribution in [3.05, 3.63) is 77.4 Å². The smallest absolute Gasteiger partial charge is 0.0709 e. The van der Waals surface area contributed by atoms with Crippen LogP contribution in [0.25, 0.3) is 22.5 Å². The van der Waals surface area contributed by atoms with Gasteiger partial charge in [-0.05, 0) is 56.5 Å². The zero-order valence-corrected chi connectivity index (χ0v) is 16.3. The molecule has 1 aromatic heterocycles. The van der Waals surface area contributed by atoms with Crippen molar-refractivity contribution in [2.45, 2.75) is 52.9 Å². The van der Waals surface area contributed by atoms with Crippen LogP contribution in [0.3, 0.4) is 0 Å². The lowest BCUT2D eigenvalue weighted by molar-refractivity contribution is 0.667. The van der Waals surface area contributed by atoms with Crippen molar-refractivity contribution >= 4 is 0 Å². The fourth-order valence-corrected chi connectivity index (χ4v) is 3.48. The van der Waals surface area contributed by atoms with Gasteiger partial charge in [0.05, 0.1) is 11.4 Å². The standard InChI is InChI=1S/C25H29N/c1-4-5-6-7-9-21-12-14-22(15-13-21)24-10-8-11-25(26-24)23-17-19(2)16-20(3)18-23/h8,10-18H,4-7,9H2,1-3H3. The van der Waals surface area contributed by atoms with E-state index in [0.717, 1.165) is 11.4 Å².